The minimum atomic E-state index is -0.684. The number of nitrogen functional groups attached to an aromatic ring is 1. The Morgan fingerprint density at radius 1 is 1.29 bits per heavy atom. The summed E-state index contributed by atoms with van der Waals surface area (Å²) in [5, 5.41) is 16.5. The zero-order valence-electron chi connectivity index (χ0n) is 14.0. The van der Waals surface area contributed by atoms with E-state index in [4.69, 9.17) is 15.4 Å². The van der Waals surface area contributed by atoms with E-state index < -0.39 is 5.97 Å². The second kappa shape index (κ2) is 6.55. The second-order valence-corrected chi connectivity index (χ2v) is 6.53. The summed E-state index contributed by atoms with van der Waals surface area (Å²) in [7, 11) is 0. The van der Waals surface area contributed by atoms with Crippen LogP contribution in [0.1, 0.15) is 37.1 Å². The van der Waals surface area contributed by atoms with Gasteiger partial charge in [-0.1, -0.05) is 11.2 Å². The Balaban J connectivity index is 1.71. The summed E-state index contributed by atoms with van der Waals surface area (Å²) in [6.07, 6.45) is 3.12. The minimum Gasteiger partial charge on any atom is -0.481 e. The number of hydrogen-bond acceptors (Lipinski definition) is 5. The molecule has 6 nitrogen and oxygen atoms in total. The fraction of sp³-hybridized carbons (Fsp3) is 0.444. The molecule has 1 aliphatic rings. The zero-order valence-corrected chi connectivity index (χ0v) is 14.0. The molecular weight excluding hydrogens is 306 g/mol. The number of anilines is 2. The van der Waals surface area contributed by atoms with Crippen molar-refractivity contribution in [2.45, 2.75) is 45.6 Å². The average molecular weight is 329 g/mol. The third kappa shape index (κ3) is 3.22. The normalized spacial score (nSPS) is 20.8. The lowest BCUT2D eigenvalue weighted by Gasteiger charge is -2.28. The lowest BCUT2D eigenvalue weighted by molar-refractivity contribution is -0.142. The van der Waals surface area contributed by atoms with Crippen molar-refractivity contribution in [2.75, 3.05) is 11.1 Å². The van der Waals surface area contributed by atoms with Crippen LogP contribution in [0, 0.1) is 19.8 Å². The van der Waals surface area contributed by atoms with E-state index in [1.807, 2.05) is 32.0 Å². The standard InChI is InChI=1S/C18H23N3O3/c1-10-17(11(2)24-21-10)13-5-8-16(15(19)9-13)20-14-6-3-12(4-7-14)18(22)23/h5,8-9,12,14,20H,3-4,6-7,19H2,1-2H3,(H,22,23)/t12-,14-. The van der Waals surface area contributed by atoms with Crippen LogP contribution >= 0.6 is 0 Å². The molecule has 4 N–H and O–H groups in total. The number of carboxylic acids is 1. The van der Waals surface area contributed by atoms with Gasteiger partial charge in [0.25, 0.3) is 0 Å². The summed E-state index contributed by atoms with van der Waals surface area (Å²) in [4.78, 5) is 11.0. The van der Waals surface area contributed by atoms with Crippen molar-refractivity contribution in [3.63, 3.8) is 0 Å². The van der Waals surface area contributed by atoms with Crippen molar-refractivity contribution < 1.29 is 14.4 Å². The van der Waals surface area contributed by atoms with Crippen molar-refractivity contribution in [3.05, 3.63) is 29.7 Å². The van der Waals surface area contributed by atoms with E-state index in [1.54, 1.807) is 0 Å². The molecule has 2 aromatic rings. The third-order valence-electron chi connectivity index (χ3n) is 4.81. The number of aromatic nitrogens is 1. The van der Waals surface area contributed by atoms with Gasteiger partial charge in [-0.3, -0.25) is 4.79 Å². The smallest absolute Gasteiger partial charge is 0.306 e. The van der Waals surface area contributed by atoms with Crippen molar-refractivity contribution in [1.82, 2.24) is 5.16 Å². The molecule has 0 amide bonds. The number of aliphatic carboxylic acids is 1. The number of hydrogen-bond donors (Lipinski definition) is 3. The number of nitrogens with one attached hydrogen (secondary N) is 1. The van der Waals surface area contributed by atoms with Crippen LogP contribution in [-0.2, 0) is 4.79 Å². The predicted molar refractivity (Wildman–Crippen MR) is 92.8 cm³/mol. The minimum absolute atomic E-state index is 0.206. The van der Waals surface area contributed by atoms with Gasteiger partial charge >= 0.3 is 5.97 Å². The van der Waals surface area contributed by atoms with Crippen molar-refractivity contribution >= 4 is 17.3 Å². The molecule has 0 saturated heterocycles. The first kappa shape index (κ1) is 16.4. The molecule has 0 atom stereocenters. The molecule has 24 heavy (non-hydrogen) atoms. The van der Waals surface area contributed by atoms with E-state index in [2.05, 4.69) is 10.5 Å². The second-order valence-electron chi connectivity index (χ2n) is 6.53. The molecule has 1 saturated carbocycles. The summed E-state index contributed by atoms with van der Waals surface area (Å²) < 4.78 is 5.22. The molecule has 6 heteroatoms. The number of aryl methyl sites for hydroxylation is 2. The molecule has 0 radical (unpaired) electrons. The molecule has 0 spiro atoms. The highest BCUT2D eigenvalue weighted by Gasteiger charge is 2.26. The van der Waals surface area contributed by atoms with Crippen molar-refractivity contribution in [1.29, 1.82) is 0 Å². The first-order valence-corrected chi connectivity index (χ1v) is 8.28. The third-order valence-corrected chi connectivity index (χ3v) is 4.81. The van der Waals surface area contributed by atoms with Crippen LogP contribution in [0.3, 0.4) is 0 Å². The van der Waals surface area contributed by atoms with E-state index in [1.165, 1.54) is 0 Å². The zero-order chi connectivity index (χ0) is 17.3. The first-order chi connectivity index (χ1) is 11.5. The molecule has 3 rings (SSSR count). The van der Waals surface area contributed by atoms with Crippen molar-refractivity contribution in [2.24, 2.45) is 5.92 Å². The number of carbonyl (C=O) groups is 1. The van der Waals surface area contributed by atoms with Gasteiger partial charge in [0.15, 0.2) is 0 Å². The highest BCUT2D eigenvalue weighted by atomic mass is 16.5. The van der Waals surface area contributed by atoms with Gasteiger partial charge in [-0.05, 0) is 57.2 Å². The predicted octanol–water partition coefficient (Wildman–Crippen LogP) is 3.60. The van der Waals surface area contributed by atoms with Gasteiger partial charge in [0.2, 0.25) is 0 Å². The van der Waals surface area contributed by atoms with Gasteiger partial charge in [-0.2, -0.15) is 0 Å². The van der Waals surface area contributed by atoms with Crippen LogP contribution in [0.25, 0.3) is 11.1 Å². The SMILES string of the molecule is Cc1noc(C)c1-c1ccc(N[C@H]2CC[C@H](C(=O)O)CC2)c(N)c1. The number of benzene rings is 1. The molecule has 0 aliphatic heterocycles. The fourth-order valence-electron chi connectivity index (χ4n) is 3.45. The van der Waals surface area contributed by atoms with E-state index in [-0.39, 0.29) is 12.0 Å². The topological polar surface area (TPSA) is 101 Å². The Hall–Kier alpha value is -2.50. The van der Waals surface area contributed by atoms with E-state index in [0.29, 0.717) is 18.5 Å². The highest BCUT2D eigenvalue weighted by Crippen LogP contribution is 2.33. The number of nitrogens with two attached hydrogens (primary N) is 1. The highest BCUT2D eigenvalue weighted by molar-refractivity contribution is 5.77. The van der Waals surface area contributed by atoms with Gasteiger partial charge < -0.3 is 20.7 Å². The van der Waals surface area contributed by atoms with Gasteiger partial charge in [-0.15, -0.1) is 0 Å². The van der Waals surface area contributed by atoms with Crippen LogP contribution in [0.2, 0.25) is 0 Å². The summed E-state index contributed by atoms with van der Waals surface area (Å²) in [5.74, 6) is -0.112. The average Bonchev–Trinajstić information content (AvgIpc) is 2.89. The molecule has 1 heterocycles. The van der Waals surface area contributed by atoms with Gasteiger partial charge in [0.05, 0.1) is 23.0 Å². The van der Waals surface area contributed by atoms with Crippen LogP contribution < -0.4 is 11.1 Å². The Bertz CT molecular complexity index is 726. The molecule has 1 fully saturated rings. The molecule has 0 bridgehead atoms. The summed E-state index contributed by atoms with van der Waals surface area (Å²) >= 11 is 0. The number of nitrogens with zero attached hydrogens (tertiary/aromatic N) is 1. The van der Waals surface area contributed by atoms with Crippen LogP contribution in [0.15, 0.2) is 22.7 Å². The van der Waals surface area contributed by atoms with Crippen LogP contribution in [0.4, 0.5) is 11.4 Å². The lowest BCUT2D eigenvalue weighted by atomic mass is 9.86. The first-order valence-electron chi connectivity index (χ1n) is 8.28. The quantitative estimate of drug-likeness (QED) is 0.741. The van der Waals surface area contributed by atoms with Crippen LogP contribution in [-0.4, -0.2) is 22.3 Å². The maximum atomic E-state index is 11.0. The molecule has 0 unspecified atom stereocenters. The maximum absolute atomic E-state index is 11.0. The summed E-state index contributed by atoms with van der Waals surface area (Å²) in [6, 6.07) is 6.18. The Morgan fingerprint density at radius 2 is 2.00 bits per heavy atom. The van der Waals surface area contributed by atoms with Crippen LogP contribution in [0.5, 0.6) is 0 Å². The monoisotopic (exact) mass is 329 g/mol. The molecule has 1 aromatic heterocycles. The Kier molecular flexibility index (Phi) is 4.46. The van der Waals surface area contributed by atoms with Gasteiger partial charge in [0, 0.05) is 11.6 Å². The summed E-state index contributed by atoms with van der Waals surface area (Å²) in [6.45, 7) is 3.80. The van der Waals surface area contributed by atoms with Gasteiger partial charge in [0.1, 0.15) is 5.76 Å². The molecular formula is C18H23N3O3. The molecule has 1 aliphatic carbocycles. The van der Waals surface area contributed by atoms with E-state index >= 15 is 0 Å². The maximum Gasteiger partial charge on any atom is 0.306 e. The molecule has 128 valence electrons. The van der Waals surface area contributed by atoms with E-state index in [0.717, 1.165) is 41.1 Å². The fourth-order valence-corrected chi connectivity index (χ4v) is 3.45. The Morgan fingerprint density at radius 3 is 2.54 bits per heavy atom. The van der Waals surface area contributed by atoms with E-state index in [9.17, 15) is 4.79 Å². The van der Waals surface area contributed by atoms with Gasteiger partial charge in [-0.25, -0.2) is 0 Å². The number of rotatable bonds is 4. The molecule has 1 aromatic carbocycles. The van der Waals surface area contributed by atoms with Crippen molar-refractivity contribution in [3.8, 4) is 11.1 Å². The largest absolute Gasteiger partial charge is 0.481 e. The summed E-state index contributed by atoms with van der Waals surface area (Å²) in [5.41, 5.74) is 10.6. The number of carboxylic acid groups (broad SMARTS) is 1. The lowest BCUT2D eigenvalue weighted by Crippen LogP contribution is -2.29. The Labute approximate surface area is 141 Å².